The van der Waals surface area contributed by atoms with Gasteiger partial charge >= 0.3 is 0 Å². The molecule has 4 nitrogen and oxygen atoms in total. The van der Waals surface area contributed by atoms with Crippen molar-refractivity contribution in [3.05, 3.63) is 69.5 Å². The van der Waals surface area contributed by atoms with E-state index < -0.39 is 0 Å². The first-order valence-electron chi connectivity index (χ1n) is 7.82. The van der Waals surface area contributed by atoms with Crippen LogP contribution < -0.4 is 5.32 Å². The summed E-state index contributed by atoms with van der Waals surface area (Å²) in [5, 5.41) is 6.02. The molecule has 0 atom stereocenters. The molecule has 0 saturated heterocycles. The van der Waals surface area contributed by atoms with Crippen LogP contribution in [0.1, 0.15) is 23.2 Å². The van der Waals surface area contributed by atoms with Crippen LogP contribution in [-0.4, -0.2) is 16.7 Å². The van der Waals surface area contributed by atoms with E-state index in [4.69, 9.17) is 23.2 Å². The number of rotatable bonds is 6. The minimum absolute atomic E-state index is 0.0616. The zero-order valence-electron chi connectivity index (χ0n) is 13.5. The number of anilines is 1. The van der Waals surface area contributed by atoms with Gasteiger partial charge in [-0.1, -0.05) is 53.5 Å². The van der Waals surface area contributed by atoms with E-state index in [1.807, 2.05) is 6.07 Å². The van der Waals surface area contributed by atoms with E-state index in [0.717, 1.165) is 5.56 Å². The van der Waals surface area contributed by atoms with E-state index in [1.165, 1.54) is 11.3 Å². The van der Waals surface area contributed by atoms with E-state index in [2.05, 4.69) is 10.3 Å². The molecule has 1 N–H and O–H groups in total. The zero-order chi connectivity index (χ0) is 18.5. The van der Waals surface area contributed by atoms with Gasteiger partial charge in [0, 0.05) is 34.4 Å². The van der Waals surface area contributed by atoms with Gasteiger partial charge in [0.1, 0.15) is 0 Å². The van der Waals surface area contributed by atoms with Crippen LogP contribution in [0.2, 0.25) is 10.0 Å². The largest absolute Gasteiger partial charge is 0.302 e. The lowest BCUT2D eigenvalue weighted by molar-refractivity contribution is -0.116. The molecule has 1 aromatic heterocycles. The Morgan fingerprint density at radius 2 is 1.81 bits per heavy atom. The summed E-state index contributed by atoms with van der Waals surface area (Å²) in [6.07, 6.45) is 0.251. The number of aromatic nitrogens is 1. The molecule has 3 aromatic rings. The van der Waals surface area contributed by atoms with Gasteiger partial charge in [0.25, 0.3) is 0 Å². The maximum Gasteiger partial charge on any atom is 0.226 e. The monoisotopic (exact) mass is 404 g/mol. The standard InChI is InChI=1S/C19H14Cl2N2O2S/c20-13-6-7-14(15(21)10-13)16-11-26-19(22-16)23-18(25)9-8-17(24)12-4-2-1-3-5-12/h1-7,10-11H,8-9H2,(H,22,23,25). The molecule has 2 aromatic carbocycles. The van der Waals surface area contributed by atoms with Crippen molar-refractivity contribution in [2.45, 2.75) is 12.8 Å². The number of carbonyl (C=O) groups is 2. The summed E-state index contributed by atoms with van der Waals surface area (Å²) in [6, 6.07) is 14.1. The van der Waals surface area contributed by atoms with Gasteiger partial charge < -0.3 is 5.32 Å². The van der Waals surface area contributed by atoms with Gasteiger partial charge in [-0.05, 0) is 18.2 Å². The highest BCUT2D eigenvalue weighted by molar-refractivity contribution is 7.14. The maximum absolute atomic E-state index is 12.1. The minimum atomic E-state index is -0.252. The molecule has 7 heteroatoms. The molecule has 0 fully saturated rings. The lowest BCUT2D eigenvalue weighted by Gasteiger charge is -2.03. The van der Waals surface area contributed by atoms with Gasteiger partial charge in [-0.3, -0.25) is 9.59 Å². The third-order valence-electron chi connectivity index (χ3n) is 3.63. The summed E-state index contributed by atoms with van der Waals surface area (Å²) >= 11 is 13.4. The van der Waals surface area contributed by atoms with Crippen LogP contribution in [0.25, 0.3) is 11.3 Å². The predicted molar refractivity (Wildman–Crippen MR) is 106 cm³/mol. The van der Waals surface area contributed by atoms with Crippen molar-refractivity contribution >= 4 is 51.4 Å². The lowest BCUT2D eigenvalue weighted by Crippen LogP contribution is -2.13. The first-order chi connectivity index (χ1) is 12.5. The van der Waals surface area contributed by atoms with Gasteiger partial charge in [0.15, 0.2) is 10.9 Å². The average molecular weight is 405 g/mol. The van der Waals surface area contributed by atoms with E-state index in [1.54, 1.807) is 47.8 Å². The summed E-state index contributed by atoms with van der Waals surface area (Å²) in [5.74, 6) is -0.314. The predicted octanol–water partition coefficient (Wildman–Crippen LogP) is 5.72. The number of Topliss-reactive ketones (excluding diaryl/α,β-unsaturated/α-hetero) is 1. The summed E-state index contributed by atoms with van der Waals surface area (Å²) < 4.78 is 0. The Morgan fingerprint density at radius 1 is 1.04 bits per heavy atom. The van der Waals surface area contributed by atoms with E-state index in [-0.39, 0.29) is 24.5 Å². The Labute approximate surface area is 164 Å². The topological polar surface area (TPSA) is 59.1 Å². The molecule has 0 aliphatic heterocycles. The molecule has 1 amide bonds. The maximum atomic E-state index is 12.1. The van der Waals surface area contributed by atoms with Crippen LogP contribution in [0.4, 0.5) is 5.13 Å². The molecule has 132 valence electrons. The number of hydrogen-bond acceptors (Lipinski definition) is 4. The second-order valence-electron chi connectivity index (χ2n) is 5.50. The van der Waals surface area contributed by atoms with Crippen molar-refractivity contribution in [2.75, 3.05) is 5.32 Å². The Balaban J connectivity index is 1.58. The Hall–Kier alpha value is -2.21. The number of amides is 1. The number of carbonyl (C=O) groups excluding carboxylic acids is 2. The second-order valence-corrected chi connectivity index (χ2v) is 7.20. The average Bonchev–Trinajstić information content (AvgIpc) is 3.08. The lowest BCUT2D eigenvalue weighted by atomic mass is 10.1. The number of benzene rings is 2. The highest BCUT2D eigenvalue weighted by Gasteiger charge is 2.13. The third-order valence-corrected chi connectivity index (χ3v) is 4.94. The molecular formula is C19H14Cl2N2O2S. The smallest absolute Gasteiger partial charge is 0.226 e. The summed E-state index contributed by atoms with van der Waals surface area (Å²) in [6.45, 7) is 0. The molecule has 26 heavy (non-hydrogen) atoms. The Morgan fingerprint density at radius 3 is 2.54 bits per heavy atom. The van der Waals surface area contributed by atoms with Crippen molar-refractivity contribution in [1.29, 1.82) is 0 Å². The second kappa shape index (κ2) is 8.45. The van der Waals surface area contributed by atoms with Crippen LogP contribution in [-0.2, 0) is 4.79 Å². The van der Waals surface area contributed by atoms with Crippen LogP contribution >= 0.6 is 34.5 Å². The highest BCUT2D eigenvalue weighted by atomic mass is 35.5. The normalized spacial score (nSPS) is 10.5. The van der Waals surface area contributed by atoms with Crippen molar-refractivity contribution in [3.8, 4) is 11.3 Å². The van der Waals surface area contributed by atoms with Crippen molar-refractivity contribution in [3.63, 3.8) is 0 Å². The molecule has 3 rings (SSSR count). The number of hydrogen-bond donors (Lipinski definition) is 1. The summed E-state index contributed by atoms with van der Waals surface area (Å²) in [5.41, 5.74) is 2.01. The fourth-order valence-corrected chi connectivity index (χ4v) is 3.56. The van der Waals surface area contributed by atoms with Gasteiger partial charge in [-0.15, -0.1) is 11.3 Å². The van der Waals surface area contributed by atoms with Gasteiger partial charge in [-0.25, -0.2) is 4.98 Å². The summed E-state index contributed by atoms with van der Waals surface area (Å²) in [7, 11) is 0. The molecule has 0 saturated carbocycles. The van der Waals surface area contributed by atoms with Crippen molar-refractivity contribution in [1.82, 2.24) is 4.98 Å². The number of nitrogens with one attached hydrogen (secondary N) is 1. The molecule has 0 radical (unpaired) electrons. The number of halogens is 2. The summed E-state index contributed by atoms with van der Waals surface area (Å²) in [4.78, 5) is 28.5. The fourth-order valence-electron chi connectivity index (χ4n) is 2.33. The SMILES string of the molecule is O=C(CCC(=O)c1ccccc1)Nc1nc(-c2ccc(Cl)cc2Cl)cs1. The van der Waals surface area contributed by atoms with Crippen molar-refractivity contribution in [2.24, 2.45) is 0 Å². The highest BCUT2D eigenvalue weighted by Crippen LogP contribution is 2.32. The number of thiazole rings is 1. The first-order valence-corrected chi connectivity index (χ1v) is 9.45. The van der Waals surface area contributed by atoms with Gasteiger partial charge in [-0.2, -0.15) is 0 Å². The molecule has 0 unspecified atom stereocenters. The van der Waals surface area contributed by atoms with Gasteiger partial charge in [0.05, 0.1) is 10.7 Å². The number of ketones is 1. The molecule has 1 heterocycles. The Kier molecular flexibility index (Phi) is 6.04. The molecule has 0 aliphatic rings. The first kappa shape index (κ1) is 18.6. The van der Waals surface area contributed by atoms with E-state index in [9.17, 15) is 9.59 Å². The quantitative estimate of drug-likeness (QED) is 0.534. The van der Waals surface area contributed by atoms with Crippen LogP contribution in [0.15, 0.2) is 53.9 Å². The fraction of sp³-hybridized carbons (Fsp3) is 0.105. The zero-order valence-corrected chi connectivity index (χ0v) is 15.9. The minimum Gasteiger partial charge on any atom is -0.302 e. The third kappa shape index (κ3) is 4.69. The molecule has 0 bridgehead atoms. The molecule has 0 spiro atoms. The van der Waals surface area contributed by atoms with Gasteiger partial charge in [0.2, 0.25) is 5.91 Å². The van der Waals surface area contributed by atoms with Crippen molar-refractivity contribution < 1.29 is 9.59 Å². The molecule has 0 aliphatic carbocycles. The van der Waals surface area contributed by atoms with E-state index >= 15 is 0 Å². The van der Waals surface area contributed by atoms with Crippen LogP contribution in [0, 0.1) is 0 Å². The van der Waals surface area contributed by atoms with E-state index in [0.29, 0.717) is 26.4 Å². The van der Waals surface area contributed by atoms with Crippen LogP contribution in [0.5, 0.6) is 0 Å². The Bertz CT molecular complexity index is 942. The molecular weight excluding hydrogens is 391 g/mol. The van der Waals surface area contributed by atoms with Crippen LogP contribution in [0.3, 0.4) is 0 Å². The number of nitrogens with zero attached hydrogens (tertiary/aromatic N) is 1.